The first kappa shape index (κ1) is 23.4. The van der Waals surface area contributed by atoms with Gasteiger partial charge in [-0.1, -0.05) is 56.3 Å². The van der Waals surface area contributed by atoms with Gasteiger partial charge in [0, 0.05) is 6.42 Å². The standard InChI is InChI=1S/C22H24F3NO4/c1-14(2)19(21(28)29)26-20(27)18(30-13-16-6-4-3-5-7-16)12-15-8-10-17(11-9-15)22(23,24)25/h3-11,14,18-19H,12-13H2,1-2H3,(H,26,27)(H,28,29)/t18-,19-/m0/s1. The average Bonchev–Trinajstić information content (AvgIpc) is 2.69. The van der Waals surface area contributed by atoms with Crippen LogP contribution in [-0.2, 0) is 33.5 Å². The molecule has 0 saturated heterocycles. The van der Waals surface area contributed by atoms with Crippen LogP contribution in [0.3, 0.4) is 0 Å². The van der Waals surface area contributed by atoms with Crippen LogP contribution >= 0.6 is 0 Å². The summed E-state index contributed by atoms with van der Waals surface area (Å²) in [6.45, 7) is 3.42. The summed E-state index contributed by atoms with van der Waals surface area (Å²) >= 11 is 0. The Balaban J connectivity index is 2.17. The summed E-state index contributed by atoms with van der Waals surface area (Å²) in [6, 6.07) is 12.4. The maximum Gasteiger partial charge on any atom is 0.416 e. The first-order valence-electron chi connectivity index (χ1n) is 9.42. The molecule has 2 aromatic carbocycles. The molecule has 0 aliphatic heterocycles. The molecule has 0 heterocycles. The molecule has 0 unspecified atom stereocenters. The number of carbonyl (C=O) groups is 2. The van der Waals surface area contributed by atoms with E-state index < -0.39 is 35.8 Å². The molecule has 2 aromatic rings. The molecule has 2 N–H and O–H groups in total. The van der Waals surface area contributed by atoms with Gasteiger partial charge in [-0.3, -0.25) is 4.79 Å². The zero-order valence-corrected chi connectivity index (χ0v) is 16.6. The van der Waals surface area contributed by atoms with Crippen LogP contribution in [0.15, 0.2) is 54.6 Å². The molecular weight excluding hydrogens is 399 g/mol. The van der Waals surface area contributed by atoms with Crippen molar-refractivity contribution in [3.8, 4) is 0 Å². The van der Waals surface area contributed by atoms with E-state index in [1.54, 1.807) is 26.0 Å². The molecule has 0 bridgehead atoms. The number of halogens is 3. The van der Waals surface area contributed by atoms with E-state index in [1.807, 2.05) is 18.2 Å². The number of ether oxygens (including phenoxy) is 1. The Morgan fingerprint density at radius 2 is 1.60 bits per heavy atom. The number of hydrogen-bond donors (Lipinski definition) is 2. The number of rotatable bonds is 9. The summed E-state index contributed by atoms with van der Waals surface area (Å²) in [5.41, 5.74) is 0.484. The summed E-state index contributed by atoms with van der Waals surface area (Å²) in [5.74, 6) is -2.16. The maximum absolute atomic E-state index is 12.8. The molecule has 0 spiro atoms. The topological polar surface area (TPSA) is 75.6 Å². The Bertz CT molecular complexity index is 836. The second-order valence-corrected chi connectivity index (χ2v) is 7.25. The van der Waals surface area contributed by atoms with Crippen LogP contribution < -0.4 is 5.32 Å². The minimum Gasteiger partial charge on any atom is -0.480 e. The van der Waals surface area contributed by atoms with Gasteiger partial charge in [0.25, 0.3) is 0 Å². The minimum atomic E-state index is -4.45. The van der Waals surface area contributed by atoms with Crippen molar-refractivity contribution in [2.45, 2.75) is 45.2 Å². The van der Waals surface area contributed by atoms with E-state index in [0.29, 0.717) is 5.56 Å². The van der Waals surface area contributed by atoms with Crippen molar-refractivity contribution >= 4 is 11.9 Å². The average molecular weight is 423 g/mol. The van der Waals surface area contributed by atoms with E-state index in [9.17, 15) is 27.9 Å². The van der Waals surface area contributed by atoms with E-state index in [4.69, 9.17) is 4.74 Å². The quantitative estimate of drug-likeness (QED) is 0.638. The zero-order valence-electron chi connectivity index (χ0n) is 16.6. The first-order chi connectivity index (χ1) is 14.1. The lowest BCUT2D eigenvalue weighted by atomic mass is 10.0. The monoisotopic (exact) mass is 423 g/mol. The number of alkyl halides is 3. The maximum atomic E-state index is 12.8. The van der Waals surface area contributed by atoms with Crippen LogP contribution in [-0.4, -0.2) is 29.1 Å². The van der Waals surface area contributed by atoms with Gasteiger partial charge in [0.2, 0.25) is 5.91 Å². The highest BCUT2D eigenvalue weighted by atomic mass is 19.4. The van der Waals surface area contributed by atoms with Crippen molar-refractivity contribution in [2.75, 3.05) is 0 Å². The van der Waals surface area contributed by atoms with Gasteiger partial charge in [0.1, 0.15) is 12.1 Å². The molecule has 0 aliphatic rings. The summed E-state index contributed by atoms with van der Waals surface area (Å²) in [4.78, 5) is 24.1. The van der Waals surface area contributed by atoms with E-state index in [1.165, 1.54) is 12.1 Å². The third-order valence-electron chi connectivity index (χ3n) is 4.52. The van der Waals surface area contributed by atoms with Crippen molar-refractivity contribution in [2.24, 2.45) is 5.92 Å². The number of carboxylic acids is 1. The summed E-state index contributed by atoms with van der Waals surface area (Å²) in [6.07, 6.45) is -5.52. The van der Waals surface area contributed by atoms with Gasteiger partial charge in [-0.2, -0.15) is 13.2 Å². The normalized spacial score (nSPS) is 13.7. The Kier molecular flexibility index (Phi) is 8.00. The van der Waals surface area contributed by atoms with Crippen LogP contribution in [0, 0.1) is 5.92 Å². The molecule has 0 aromatic heterocycles. The molecule has 0 aliphatic carbocycles. The van der Waals surface area contributed by atoms with Gasteiger partial charge in [-0.25, -0.2) is 4.79 Å². The Labute approximate surface area is 172 Å². The minimum absolute atomic E-state index is 0.00123. The molecule has 1 amide bonds. The van der Waals surface area contributed by atoms with Crippen LogP contribution in [0.4, 0.5) is 13.2 Å². The highest BCUT2D eigenvalue weighted by molar-refractivity contribution is 5.86. The van der Waals surface area contributed by atoms with Gasteiger partial charge in [-0.05, 0) is 29.2 Å². The molecule has 0 fully saturated rings. The SMILES string of the molecule is CC(C)[C@H](NC(=O)[C@H](Cc1ccc(C(F)(F)F)cc1)OCc1ccccc1)C(=O)O. The predicted octanol–water partition coefficient (Wildman–Crippen LogP) is 4.06. The lowest BCUT2D eigenvalue weighted by Crippen LogP contribution is -2.49. The molecule has 2 rings (SSSR count). The van der Waals surface area contributed by atoms with E-state index in [0.717, 1.165) is 17.7 Å². The molecule has 30 heavy (non-hydrogen) atoms. The van der Waals surface area contributed by atoms with Gasteiger partial charge in [-0.15, -0.1) is 0 Å². The fourth-order valence-electron chi connectivity index (χ4n) is 2.80. The molecule has 5 nitrogen and oxygen atoms in total. The van der Waals surface area contributed by atoms with Gasteiger partial charge in [0.15, 0.2) is 0 Å². The fourth-order valence-corrected chi connectivity index (χ4v) is 2.80. The van der Waals surface area contributed by atoms with Crippen molar-refractivity contribution in [3.05, 3.63) is 71.3 Å². The van der Waals surface area contributed by atoms with Gasteiger partial charge >= 0.3 is 12.1 Å². The van der Waals surface area contributed by atoms with E-state index in [2.05, 4.69) is 5.32 Å². The lowest BCUT2D eigenvalue weighted by Gasteiger charge is -2.23. The number of amides is 1. The molecule has 0 radical (unpaired) electrons. The Morgan fingerprint density at radius 3 is 2.10 bits per heavy atom. The smallest absolute Gasteiger partial charge is 0.416 e. The van der Waals surface area contributed by atoms with Crippen molar-refractivity contribution in [1.29, 1.82) is 0 Å². The number of aliphatic carboxylic acids is 1. The highest BCUT2D eigenvalue weighted by Gasteiger charge is 2.31. The second-order valence-electron chi connectivity index (χ2n) is 7.25. The predicted molar refractivity (Wildman–Crippen MR) is 105 cm³/mol. The summed E-state index contributed by atoms with van der Waals surface area (Å²) in [5, 5.41) is 11.8. The number of nitrogens with one attached hydrogen (secondary N) is 1. The van der Waals surface area contributed by atoms with Gasteiger partial charge < -0.3 is 15.2 Å². The third kappa shape index (κ3) is 6.88. The molecule has 0 saturated carbocycles. The lowest BCUT2D eigenvalue weighted by molar-refractivity contribution is -0.146. The van der Waals surface area contributed by atoms with Crippen molar-refractivity contribution in [3.63, 3.8) is 0 Å². The molecular formula is C22H24F3NO4. The third-order valence-corrected chi connectivity index (χ3v) is 4.52. The Hall–Kier alpha value is -2.87. The Morgan fingerprint density at radius 1 is 1.00 bits per heavy atom. The van der Waals surface area contributed by atoms with Crippen LogP contribution in [0.1, 0.15) is 30.5 Å². The summed E-state index contributed by atoms with van der Waals surface area (Å²) < 4.78 is 44.0. The number of carbonyl (C=O) groups excluding carboxylic acids is 1. The molecule has 162 valence electrons. The van der Waals surface area contributed by atoms with Gasteiger partial charge in [0.05, 0.1) is 12.2 Å². The van der Waals surface area contributed by atoms with Crippen LogP contribution in [0.25, 0.3) is 0 Å². The number of hydrogen-bond acceptors (Lipinski definition) is 3. The van der Waals surface area contributed by atoms with Crippen molar-refractivity contribution in [1.82, 2.24) is 5.32 Å². The van der Waals surface area contributed by atoms with E-state index >= 15 is 0 Å². The number of benzene rings is 2. The second kappa shape index (κ2) is 10.2. The zero-order chi connectivity index (χ0) is 22.3. The van der Waals surface area contributed by atoms with E-state index in [-0.39, 0.29) is 18.9 Å². The number of carboxylic acid groups (broad SMARTS) is 1. The fraction of sp³-hybridized carbons (Fsp3) is 0.364. The van der Waals surface area contributed by atoms with Crippen molar-refractivity contribution < 1.29 is 32.6 Å². The highest BCUT2D eigenvalue weighted by Crippen LogP contribution is 2.29. The van der Waals surface area contributed by atoms with Crippen LogP contribution in [0.2, 0.25) is 0 Å². The molecule has 8 heteroatoms. The summed E-state index contributed by atoms with van der Waals surface area (Å²) in [7, 11) is 0. The van der Waals surface area contributed by atoms with Crippen LogP contribution in [0.5, 0.6) is 0 Å². The molecule has 2 atom stereocenters. The first-order valence-corrected chi connectivity index (χ1v) is 9.42. The largest absolute Gasteiger partial charge is 0.480 e.